The predicted molar refractivity (Wildman–Crippen MR) is 67.5 cm³/mol. The number of hydrogen-bond acceptors (Lipinski definition) is 2. The lowest BCUT2D eigenvalue weighted by Crippen LogP contribution is -2.40. The highest BCUT2D eigenvalue weighted by Gasteiger charge is 2.35. The number of hydrogen-bond donors (Lipinski definition) is 1. The summed E-state index contributed by atoms with van der Waals surface area (Å²) in [6, 6.07) is 0.123. The molecular weight excluding hydrogens is 224 g/mol. The van der Waals surface area contributed by atoms with Gasteiger partial charge in [-0.15, -0.1) is 12.4 Å². The number of nitrogens with two attached hydrogens (primary N) is 1. The first-order valence-electron chi connectivity index (χ1n) is 6.26. The molecule has 0 aromatic heterocycles. The van der Waals surface area contributed by atoms with Gasteiger partial charge in [-0.05, 0) is 25.2 Å². The Hall–Kier alpha value is -0.280. The van der Waals surface area contributed by atoms with Crippen molar-refractivity contribution in [2.24, 2.45) is 17.6 Å². The molecule has 2 fully saturated rings. The average molecular weight is 247 g/mol. The molecule has 1 aliphatic carbocycles. The highest BCUT2D eigenvalue weighted by atomic mass is 35.5. The summed E-state index contributed by atoms with van der Waals surface area (Å²) < 4.78 is 0. The van der Waals surface area contributed by atoms with Crippen molar-refractivity contribution in [2.75, 3.05) is 13.1 Å². The van der Waals surface area contributed by atoms with Crippen LogP contribution < -0.4 is 5.73 Å². The molecule has 3 unspecified atom stereocenters. The van der Waals surface area contributed by atoms with Crippen molar-refractivity contribution in [1.82, 2.24) is 4.90 Å². The third-order valence-corrected chi connectivity index (χ3v) is 4.06. The van der Waals surface area contributed by atoms with E-state index in [1.165, 1.54) is 12.8 Å². The third-order valence-electron chi connectivity index (χ3n) is 4.06. The highest BCUT2D eigenvalue weighted by Crippen LogP contribution is 2.28. The van der Waals surface area contributed by atoms with Crippen LogP contribution in [0.5, 0.6) is 0 Å². The van der Waals surface area contributed by atoms with Gasteiger partial charge in [0.2, 0.25) is 5.91 Å². The smallest absolute Gasteiger partial charge is 0.227 e. The number of halogens is 1. The van der Waals surface area contributed by atoms with E-state index < -0.39 is 0 Å². The zero-order valence-corrected chi connectivity index (χ0v) is 10.8. The molecule has 2 N–H and O–H groups in total. The first-order valence-corrected chi connectivity index (χ1v) is 6.26. The van der Waals surface area contributed by atoms with Gasteiger partial charge in [0.05, 0.1) is 5.92 Å². The van der Waals surface area contributed by atoms with E-state index in [4.69, 9.17) is 5.73 Å². The maximum Gasteiger partial charge on any atom is 0.227 e. The average Bonchev–Trinajstić information content (AvgIpc) is 2.84. The lowest BCUT2D eigenvalue weighted by Gasteiger charge is -2.23. The van der Waals surface area contributed by atoms with Crippen molar-refractivity contribution < 1.29 is 4.79 Å². The number of likely N-dealkylation sites (tertiary alicyclic amines) is 1. The maximum absolute atomic E-state index is 12.2. The Bertz CT molecular complexity index is 247. The van der Waals surface area contributed by atoms with E-state index in [0.717, 1.165) is 38.3 Å². The Kier molecular flexibility index (Phi) is 5.06. The largest absolute Gasteiger partial charge is 0.342 e. The van der Waals surface area contributed by atoms with Crippen molar-refractivity contribution >= 4 is 18.3 Å². The van der Waals surface area contributed by atoms with E-state index in [1.54, 1.807) is 0 Å². The van der Waals surface area contributed by atoms with Crippen LogP contribution >= 0.6 is 12.4 Å². The van der Waals surface area contributed by atoms with Gasteiger partial charge in [-0.25, -0.2) is 0 Å². The van der Waals surface area contributed by atoms with Crippen LogP contribution in [-0.2, 0) is 4.79 Å². The van der Waals surface area contributed by atoms with Crippen molar-refractivity contribution in [1.29, 1.82) is 0 Å². The fourth-order valence-electron chi connectivity index (χ4n) is 2.90. The summed E-state index contributed by atoms with van der Waals surface area (Å²) in [5, 5.41) is 0. The van der Waals surface area contributed by atoms with E-state index in [9.17, 15) is 4.79 Å². The molecule has 3 nitrogen and oxygen atoms in total. The van der Waals surface area contributed by atoms with Crippen molar-refractivity contribution in [3.8, 4) is 0 Å². The molecule has 94 valence electrons. The molecular formula is C12H23ClN2O. The Balaban J connectivity index is 0.00000128. The summed E-state index contributed by atoms with van der Waals surface area (Å²) in [4.78, 5) is 14.2. The van der Waals surface area contributed by atoms with Crippen LogP contribution in [0, 0.1) is 11.8 Å². The van der Waals surface area contributed by atoms with Crippen LogP contribution in [-0.4, -0.2) is 29.9 Å². The molecule has 4 heteroatoms. The van der Waals surface area contributed by atoms with E-state index in [0.29, 0.717) is 5.91 Å². The van der Waals surface area contributed by atoms with Crippen molar-refractivity contribution in [3.05, 3.63) is 0 Å². The molecule has 0 bridgehead atoms. The topological polar surface area (TPSA) is 46.3 Å². The fourth-order valence-corrected chi connectivity index (χ4v) is 2.90. The van der Waals surface area contributed by atoms with Crippen molar-refractivity contribution in [3.63, 3.8) is 0 Å². The molecule has 1 amide bonds. The zero-order chi connectivity index (χ0) is 10.8. The van der Waals surface area contributed by atoms with Gasteiger partial charge in [-0.3, -0.25) is 4.79 Å². The van der Waals surface area contributed by atoms with Crippen LogP contribution in [0.1, 0.15) is 39.0 Å². The number of nitrogens with zero attached hydrogens (tertiary/aromatic N) is 1. The monoisotopic (exact) mass is 246 g/mol. The SMILES string of the molecule is CCC1CCN(C(=O)C2CCCC2N)C1.Cl. The molecule has 2 aliphatic rings. The van der Waals surface area contributed by atoms with E-state index in [1.807, 2.05) is 4.90 Å². The minimum Gasteiger partial charge on any atom is -0.342 e. The molecule has 1 saturated heterocycles. The standard InChI is InChI=1S/C12H22N2O.ClH/c1-2-9-6-7-14(8-9)12(15)10-4-3-5-11(10)13;/h9-11H,2-8,13H2,1H3;1H. The summed E-state index contributed by atoms with van der Waals surface area (Å²) in [6.07, 6.45) is 5.54. The van der Waals surface area contributed by atoms with Gasteiger partial charge in [0.1, 0.15) is 0 Å². The van der Waals surface area contributed by atoms with E-state index in [-0.39, 0.29) is 24.4 Å². The summed E-state index contributed by atoms with van der Waals surface area (Å²) in [7, 11) is 0. The lowest BCUT2D eigenvalue weighted by atomic mass is 10.0. The van der Waals surface area contributed by atoms with Crippen LogP contribution in [0.2, 0.25) is 0 Å². The summed E-state index contributed by atoms with van der Waals surface area (Å²) in [6.45, 7) is 4.14. The maximum atomic E-state index is 12.2. The van der Waals surface area contributed by atoms with Crippen LogP contribution in [0.15, 0.2) is 0 Å². The minimum atomic E-state index is 0. The highest BCUT2D eigenvalue weighted by molar-refractivity contribution is 5.85. The fraction of sp³-hybridized carbons (Fsp3) is 0.917. The van der Waals surface area contributed by atoms with Crippen LogP contribution in [0.25, 0.3) is 0 Å². The second-order valence-corrected chi connectivity index (χ2v) is 5.05. The predicted octanol–water partition coefficient (Wildman–Crippen LogP) is 1.79. The Morgan fingerprint density at radius 3 is 2.62 bits per heavy atom. The molecule has 0 radical (unpaired) electrons. The Morgan fingerprint density at radius 2 is 2.12 bits per heavy atom. The molecule has 0 aromatic carbocycles. The minimum absolute atomic E-state index is 0. The number of carbonyl (C=O) groups is 1. The van der Waals surface area contributed by atoms with Gasteiger partial charge in [-0.1, -0.05) is 19.8 Å². The van der Waals surface area contributed by atoms with Gasteiger partial charge < -0.3 is 10.6 Å². The molecule has 16 heavy (non-hydrogen) atoms. The first kappa shape index (κ1) is 13.8. The summed E-state index contributed by atoms with van der Waals surface area (Å²) in [5.41, 5.74) is 5.97. The van der Waals surface area contributed by atoms with E-state index in [2.05, 4.69) is 6.92 Å². The second-order valence-electron chi connectivity index (χ2n) is 5.05. The normalized spacial score (nSPS) is 33.9. The Morgan fingerprint density at radius 1 is 1.38 bits per heavy atom. The molecule has 3 atom stereocenters. The molecule has 0 spiro atoms. The molecule has 1 heterocycles. The number of rotatable bonds is 2. The van der Waals surface area contributed by atoms with Crippen LogP contribution in [0.3, 0.4) is 0 Å². The number of carbonyl (C=O) groups excluding carboxylic acids is 1. The second kappa shape index (κ2) is 5.87. The summed E-state index contributed by atoms with van der Waals surface area (Å²) in [5.74, 6) is 1.18. The van der Waals surface area contributed by atoms with Gasteiger partial charge in [0.25, 0.3) is 0 Å². The molecule has 1 aliphatic heterocycles. The third kappa shape index (κ3) is 2.69. The molecule has 1 saturated carbocycles. The number of amides is 1. The zero-order valence-electron chi connectivity index (χ0n) is 10.0. The van der Waals surface area contributed by atoms with Gasteiger partial charge in [0.15, 0.2) is 0 Å². The first-order chi connectivity index (χ1) is 7.22. The Labute approximate surface area is 104 Å². The van der Waals surface area contributed by atoms with E-state index >= 15 is 0 Å². The van der Waals surface area contributed by atoms with Crippen molar-refractivity contribution in [2.45, 2.75) is 45.1 Å². The van der Waals surface area contributed by atoms with Gasteiger partial charge in [-0.2, -0.15) is 0 Å². The quantitative estimate of drug-likeness (QED) is 0.808. The van der Waals surface area contributed by atoms with Gasteiger partial charge in [0, 0.05) is 19.1 Å². The lowest BCUT2D eigenvalue weighted by molar-refractivity contribution is -0.134. The summed E-state index contributed by atoms with van der Waals surface area (Å²) >= 11 is 0. The molecule has 0 aromatic rings. The van der Waals surface area contributed by atoms with Crippen LogP contribution in [0.4, 0.5) is 0 Å². The van der Waals surface area contributed by atoms with Gasteiger partial charge >= 0.3 is 0 Å². The molecule has 2 rings (SSSR count).